The third-order valence-corrected chi connectivity index (χ3v) is 12.4. The van der Waals surface area contributed by atoms with Gasteiger partial charge in [0.25, 0.3) is 0 Å². The van der Waals surface area contributed by atoms with Crippen molar-refractivity contribution >= 4 is 35.1 Å². The van der Waals surface area contributed by atoms with Gasteiger partial charge in [-0.1, -0.05) is 18.2 Å². The van der Waals surface area contributed by atoms with Crippen LogP contribution in [0.25, 0.3) is 34.4 Å². The highest BCUT2D eigenvalue weighted by Gasteiger charge is 2.53. The first-order valence-electron chi connectivity index (χ1n) is 23.2. The minimum Gasteiger partial charge on any atom is -0.508 e. The van der Waals surface area contributed by atoms with Gasteiger partial charge in [-0.25, -0.2) is 14.0 Å². The lowest BCUT2D eigenvalue weighted by Crippen LogP contribution is -2.65. The van der Waals surface area contributed by atoms with Crippen LogP contribution in [0.1, 0.15) is 11.1 Å². The van der Waals surface area contributed by atoms with E-state index in [0.717, 1.165) is 30.4 Å². The van der Waals surface area contributed by atoms with Crippen molar-refractivity contribution in [3.8, 4) is 51.6 Å². The predicted octanol–water partition coefficient (Wildman–Crippen LogP) is -0.381. The summed E-state index contributed by atoms with van der Waals surface area (Å²) in [6, 6.07) is 18.3. The summed E-state index contributed by atoms with van der Waals surface area (Å²) in [5, 5.41) is 148. The number of fused-ring (bicyclic) bond motifs is 1. The van der Waals surface area contributed by atoms with Crippen LogP contribution in [-0.4, -0.2) is 195 Å². The minimum absolute atomic E-state index is 0.0197. The summed E-state index contributed by atoms with van der Waals surface area (Å²) >= 11 is 0. The van der Waals surface area contributed by atoms with Crippen molar-refractivity contribution in [2.24, 2.45) is 0 Å². The largest absolute Gasteiger partial charge is 0.508 e. The van der Waals surface area contributed by atoms with E-state index >= 15 is 0 Å². The fraction of sp³-hybridized carbons (Fsp3) is 0.353. The minimum atomic E-state index is -2.12. The molecule has 25 nitrogen and oxygen atoms in total. The maximum atomic E-state index is 12.9. The standard InChI is InChI=1S/C51H52O25/c52-19-34-39(60)42(63)45(66)49(73-34)71-32-17-27(55)16-31-28(32)18-33(47(70-31)24-6-10-26(54)11-7-24)72-51-48(44(65)41(62)36(75-51)21-69-37(58)13-4-22-1-8-25(53)9-2-22)76-50-46(67)43(64)40(61)35(74-50)20-68-38(59)14-5-23-3-12-29(56)30(57)15-23/h1-18,34-36,39-46,48-52,60-67H,19-21H2,(H4-,53,54,55,56,57,58,59)/p+1. The molecule has 0 radical (unpaired) electrons. The molecular formula is C51H53O25+. The number of phenols is 5. The molecule has 4 aromatic carbocycles. The molecule has 4 heterocycles. The van der Waals surface area contributed by atoms with E-state index in [1.807, 2.05) is 0 Å². The lowest BCUT2D eigenvalue weighted by molar-refractivity contribution is -0.358. The van der Waals surface area contributed by atoms with E-state index in [1.54, 1.807) is 0 Å². The van der Waals surface area contributed by atoms with Gasteiger partial charge in [0.05, 0.1) is 18.2 Å². The average Bonchev–Trinajstić information content (AvgIpc) is 3.41. The van der Waals surface area contributed by atoms with Gasteiger partial charge in [0.1, 0.15) is 109 Å². The molecule has 3 saturated heterocycles. The zero-order valence-electron chi connectivity index (χ0n) is 39.4. The van der Waals surface area contributed by atoms with Crippen molar-refractivity contribution < 1.29 is 123 Å². The van der Waals surface area contributed by atoms with E-state index < -0.39 is 141 Å². The Morgan fingerprint density at radius 3 is 1.66 bits per heavy atom. The molecule has 0 bridgehead atoms. The van der Waals surface area contributed by atoms with E-state index in [2.05, 4.69) is 0 Å². The summed E-state index contributed by atoms with van der Waals surface area (Å²) in [4.78, 5) is 25.6. The molecule has 1 aromatic heterocycles. The third-order valence-electron chi connectivity index (χ3n) is 12.4. The highest BCUT2D eigenvalue weighted by atomic mass is 16.8. The Kier molecular flexibility index (Phi) is 17.2. The first kappa shape index (κ1) is 55.0. The summed E-state index contributed by atoms with van der Waals surface area (Å²) in [5.41, 5.74) is 0.841. The molecule has 14 N–H and O–H groups in total. The predicted molar refractivity (Wildman–Crippen MR) is 255 cm³/mol. The number of aliphatic hydroxyl groups is 9. The van der Waals surface area contributed by atoms with Crippen molar-refractivity contribution in [1.82, 2.24) is 0 Å². The Balaban J connectivity index is 1.12. The number of phenolic OH excluding ortho intramolecular Hbond substituents is 5. The van der Waals surface area contributed by atoms with Crippen LogP contribution < -0.4 is 9.47 Å². The van der Waals surface area contributed by atoms with Gasteiger partial charge >= 0.3 is 23.3 Å². The molecule has 0 spiro atoms. The van der Waals surface area contributed by atoms with Gasteiger partial charge in [-0.05, 0) is 71.8 Å². The fourth-order valence-corrected chi connectivity index (χ4v) is 8.17. The van der Waals surface area contributed by atoms with Gasteiger partial charge in [0, 0.05) is 24.3 Å². The van der Waals surface area contributed by atoms with Gasteiger partial charge in [-0.2, -0.15) is 0 Å². The zero-order chi connectivity index (χ0) is 54.5. The van der Waals surface area contributed by atoms with Crippen LogP contribution in [0.3, 0.4) is 0 Å². The molecule has 0 aliphatic carbocycles. The molecule has 0 amide bonds. The average molecular weight is 1070 g/mol. The molecule has 0 saturated carbocycles. The van der Waals surface area contributed by atoms with E-state index in [0.29, 0.717) is 5.56 Å². The lowest BCUT2D eigenvalue weighted by atomic mass is 9.97. The number of ether oxygens (including phenoxy) is 8. The number of aliphatic hydroxyl groups excluding tert-OH is 9. The van der Waals surface area contributed by atoms with Crippen LogP contribution in [0.5, 0.6) is 40.2 Å². The first-order chi connectivity index (χ1) is 36.3. The maximum absolute atomic E-state index is 12.9. The fourth-order valence-electron chi connectivity index (χ4n) is 8.17. The van der Waals surface area contributed by atoms with Crippen molar-refractivity contribution in [3.05, 3.63) is 108 Å². The number of rotatable bonds is 16. The van der Waals surface area contributed by atoms with Crippen LogP contribution in [-0.2, 0) is 38.0 Å². The molecular weight excluding hydrogens is 1010 g/mol. The summed E-state index contributed by atoms with van der Waals surface area (Å²) in [7, 11) is 0. The van der Waals surface area contributed by atoms with E-state index in [9.17, 15) is 81.1 Å². The number of aromatic hydroxyl groups is 5. The SMILES string of the molecule is O=C(C=Cc1ccc(O)c(O)c1)OCC1OC(OC2C(Oc3cc4c(OC5OC(CO)C(O)C(O)C5O)cc(O)cc4[o+]c3-c3ccc(O)cc3)OC(COC(=O)C=Cc3ccc(O)cc3)C(O)C2O)C(O)C(O)C1O. The van der Waals surface area contributed by atoms with Crippen LogP contribution >= 0.6 is 0 Å². The zero-order valence-corrected chi connectivity index (χ0v) is 39.4. The van der Waals surface area contributed by atoms with Gasteiger partial charge in [0.15, 0.2) is 23.9 Å². The Morgan fingerprint density at radius 1 is 0.513 bits per heavy atom. The molecule has 15 unspecified atom stereocenters. The number of carbonyl (C=O) groups is 2. The maximum Gasteiger partial charge on any atom is 0.402 e. The van der Waals surface area contributed by atoms with Gasteiger partial charge < -0.3 is 109 Å². The number of hydrogen-bond donors (Lipinski definition) is 14. The monoisotopic (exact) mass is 1070 g/mol. The second-order valence-electron chi connectivity index (χ2n) is 17.7. The normalized spacial score (nSPS) is 29.8. The first-order valence-corrected chi connectivity index (χ1v) is 23.2. The summed E-state index contributed by atoms with van der Waals surface area (Å²) < 4.78 is 52.7. The van der Waals surface area contributed by atoms with Crippen LogP contribution in [0.4, 0.5) is 0 Å². The molecule has 5 aromatic rings. The Hall–Kier alpha value is -7.21. The topological polar surface area (TPSA) is 403 Å². The number of carbonyl (C=O) groups excluding carboxylic acids is 2. The second kappa shape index (κ2) is 23.8. The Morgan fingerprint density at radius 2 is 1.04 bits per heavy atom. The van der Waals surface area contributed by atoms with Gasteiger partial charge in [0.2, 0.25) is 18.3 Å². The van der Waals surface area contributed by atoms with E-state index in [1.165, 1.54) is 78.9 Å². The van der Waals surface area contributed by atoms with Crippen molar-refractivity contribution in [1.29, 1.82) is 0 Å². The van der Waals surface area contributed by atoms with Crippen LogP contribution in [0.15, 0.2) is 101 Å². The number of esters is 2. The van der Waals surface area contributed by atoms with Gasteiger partial charge in [-0.15, -0.1) is 0 Å². The highest BCUT2D eigenvalue weighted by molar-refractivity contribution is 5.89. The van der Waals surface area contributed by atoms with E-state index in [4.69, 9.17) is 42.3 Å². The quantitative estimate of drug-likeness (QED) is 0.0259. The summed E-state index contributed by atoms with van der Waals surface area (Å²) in [6.07, 6.45) is -23.7. The van der Waals surface area contributed by atoms with E-state index in [-0.39, 0.29) is 50.9 Å². The van der Waals surface area contributed by atoms with Crippen LogP contribution in [0.2, 0.25) is 0 Å². The molecule has 3 aliphatic rings. The Bertz CT molecular complexity index is 2880. The van der Waals surface area contributed by atoms with Crippen LogP contribution in [0, 0.1) is 0 Å². The lowest BCUT2D eigenvalue weighted by Gasteiger charge is -2.45. The number of hydrogen-bond acceptors (Lipinski definition) is 24. The molecule has 8 rings (SSSR count). The van der Waals surface area contributed by atoms with Crippen molar-refractivity contribution in [3.63, 3.8) is 0 Å². The second-order valence-corrected chi connectivity index (χ2v) is 17.7. The van der Waals surface area contributed by atoms with Crippen molar-refractivity contribution in [2.45, 2.75) is 92.1 Å². The van der Waals surface area contributed by atoms with Crippen molar-refractivity contribution in [2.75, 3.05) is 19.8 Å². The molecule has 15 atom stereocenters. The molecule has 3 aliphatic heterocycles. The smallest absolute Gasteiger partial charge is 0.402 e. The van der Waals surface area contributed by atoms with Gasteiger partial charge in [-0.3, -0.25) is 0 Å². The Labute approximate surface area is 429 Å². The molecule has 25 heteroatoms. The molecule has 76 heavy (non-hydrogen) atoms. The molecule has 406 valence electrons. The highest BCUT2D eigenvalue weighted by Crippen LogP contribution is 2.43. The molecule has 3 fully saturated rings. The number of benzene rings is 4. The summed E-state index contributed by atoms with van der Waals surface area (Å²) in [6.45, 7) is -2.33. The summed E-state index contributed by atoms with van der Waals surface area (Å²) in [5.74, 6) is -4.30. The third kappa shape index (κ3) is 12.5.